The highest BCUT2D eigenvalue weighted by atomic mass is 16.4. The van der Waals surface area contributed by atoms with E-state index < -0.39 is 5.97 Å². The topological polar surface area (TPSA) is 105 Å². The van der Waals surface area contributed by atoms with Crippen molar-refractivity contribution in [2.24, 2.45) is 0 Å². The number of aromatic nitrogens is 3. The van der Waals surface area contributed by atoms with E-state index in [4.69, 9.17) is 15.1 Å². The van der Waals surface area contributed by atoms with Crippen molar-refractivity contribution in [2.75, 3.05) is 0 Å². The zero-order valence-corrected chi connectivity index (χ0v) is 18.9. The van der Waals surface area contributed by atoms with Crippen LogP contribution in [0, 0.1) is 0 Å². The van der Waals surface area contributed by atoms with E-state index in [0.717, 1.165) is 22.5 Å². The van der Waals surface area contributed by atoms with Crippen molar-refractivity contribution >= 4 is 22.9 Å². The van der Waals surface area contributed by atoms with E-state index in [9.17, 15) is 9.59 Å². The van der Waals surface area contributed by atoms with Crippen LogP contribution in [0.2, 0.25) is 0 Å². The number of rotatable bonds is 9. The fourth-order valence-electron chi connectivity index (χ4n) is 3.79. The fourth-order valence-corrected chi connectivity index (χ4v) is 3.79. The average Bonchev–Trinajstić information content (AvgIpc) is 2.86. The lowest BCUT2D eigenvalue weighted by Crippen LogP contribution is -2.27. The number of carbonyl (C=O) groups is 2. The second-order valence-electron chi connectivity index (χ2n) is 8.15. The molecule has 4 rings (SSSR count). The van der Waals surface area contributed by atoms with Gasteiger partial charge in [0.25, 0.3) is 5.91 Å². The summed E-state index contributed by atoms with van der Waals surface area (Å²) < 4.78 is 0. The first-order valence-electron chi connectivity index (χ1n) is 11.3. The van der Waals surface area contributed by atoms with Crippen molar-refractivity contribution < 1.29 is 14.7 Å². The second-order valence-corrected chi connectivity index (χ2v) is 8.15. The summed E-state index contributed by atoms with van der Waals surface area (Å²) in [6.07, 6.45) is 3.53. The van der Waals surface area contributed by atoms with Gasteiger partial charge in [0.15, 0.2) is 0 Å². The number of benzene rings is 2. The van der Waals surface area contributed by atoms with Gasteiger partial charge in [0.2, 0.25) is 0 Å². The molecular formula is C27H26N4O3. The van der Waals surface area contributed by atoms with Crippen molar-refractivity contribution in [3.8, 4) is 11.3 Å². The number of pyridine rings is 1. The Balaban J connectivity index is 1.62. The third-order valence-corrected chi connectivity index (χ3v) is 5.60. The van der Waals surface area contributed by atoms with Crippen LogP contribution in [0.15, 0.2) is 72.9 Å². The minimum atomic E-state index is -0.806. The van der Waals surface area contributed by atoms with Crippen LogP contribution < -0.4 is 5.32 Å². The van der Waals surface area contributed by atoms with E-state index in [-0.39, 0.29) is 24.1 Å². The molecule has 7 nitrogen and oxygen atoms in total. The molecule has 0 spiro atoms. The van der Waals surface area contributed by atoms with Gasteiger partial charge in [0.05, 0.1) is 29.1 Å². The Hall–Kier alpha value is -4.13. The van der Waals surface area contributed by atoms with Crippen LogP contribution in [0.1, 0.15) is 54.0 Å². The highest BCUT2D eigenvalue weighted by molar-refractivity contribution is 5.95. The van der Waals surface area contributed by atoms with Crippen LogP contribution in [0.5, 0.6) is 0 Å². The maximum atomic E-state index is 12.8. The number of unbranched alkanes of at least 4 members (excludes halogenated alkanes) is 1. The molecule has 0 saturated carbocycles. The molecule has 0 aliphatic heterocycles. The van der Waals surface area contributed by atoms with E-state index in [2.05, 4.69) is 10.3 Å². The molecule has 1 unspecified atom stereocenters. The summed E-state index contributed by atoms with van der Waals surface area (Å²) in [5.74, 6) is -1.09. The molecule has 0 bridgehead atoms. The molecule has 2 aromatic carbocycles. The molecule has 0 aliphatic rings. The second kappa shape index (κ2) is 10.7. The highest BCUT2D eigenvalue weighted by Crippen LogP contribution is 2.25. The minimum absolute atomic E-state index is 0.121. The van der Waals surface area contributed by atoms with Crippen molar-refractivity contribution in [1.29, 1.82) is 0 Å². The van der Waals surface area contributed by atoms with Crippen LogP contribution in [-0.4, -0.2) is 31.9 Å². The van der Waals surface area contributed by atoms with Gasteiger partial charge in [-0.05, 0) is 37.8 Å². The van der Waals surface area contributed by atoms with Gasteiger partial charge in [-0.25, -0.2) is 15.0 Å². The number of nitrogens with one attached hydrogen (secondary N) is 1. The molecule has 7 heteroatoms. The maximum Gasteiger partial charge on any atom is 0.303 e. The number of hydrogen-bond acceptors (Lipinski definition) is 5. The quantitative estimate of drug-likeness (QED) is 0.346. The summed E-state index contributed by atoms with van der Waals surface area (Å²) in [7, 11) is 0. The summed E-state index contributed by atoms with van der Waals surface area (Å²) in [5, 5.41) is 11.9. The Morgan fingerprint density at radius 3 is 2.35 bits per heavy atom. The smallest absolute Gasteiger partial charge is 0.303 e. The van der Waals surface area contributed by atoms with Gasteiger partial charge in [-0.3, -0.25) is 9.59 Å². The van der Waals surface area contributed by atoms with Crippen molar-refractivity contribution in [3.05, 3.63) is 89.9 Å². The Kier molecular flexibility index (Phi) is 7.22. The molecular weight excluding hydrogens is 428 g/mol. The fraction of sp³-hybridized carbons (Fsp3) is 0.222. The van der Waals surface area contributed by atoms with Crippen LogP contribution in [0.4, 0.5) is 0 Å². The van der Waals surface area contributed by atoms with Crippen LogP contribution >= 0.6 is 0 Å². The molecule has 1 atom stereocenters. The first kappa shape index (κ1) is 23.0. The molecule has 0 radical (unpaired) electrons. The standard InChI is InChI=1S/C27H26N4O3/c1-18(19-10-4-2-5-11-19)29-27(34)23-16-22-24(17-28-23)31-26(20-12-6-3-7-13-20)21(30-22)14-8-9-15-25(32)33/h2-7,10-13,16-18H,8-9,14-15H2,1H3,(H,29,34)(H,32,33). The van der Waals surface area contributed by atoms with Gasteiger partial charge in [-0.1, -0.05) is 60.7 Å². The van der Waals surface area contributed by atoms with Crippen LogP contribution in [0.3, 0.4) is 0 Å². The lowest BCUT2D eigenvalue weighted by Gasteiger charge is -2.14. The number of hydrogen-bond donors (Lipinski definition) is 2. The minimum Gasteiger partial charge on any atom is -0.481 e. The van der Waals surface area contributed by atoms with Gasteiger partial charge in [-0.15, -0.1) is 0 Å². The van der Waals surface area contributed by atoms with Crippen molar-refractivity contribution in [3.63, 3.8) is 0 Å². The maximum absolute atomic E-state index is 12.8. The predicted molar refractivity (Wildman–Crippen MR) is 130 cm³/mol. The zero-order valence-electron chi connectivity index (χ0n) is 18.9. The highest BCUT2D eigenvalue weighted by Gasteiger charge is 2.16. The normalized spacial score (nSPS) is 11.8. The molecule has 0 saturated heterocycles. The number of amides is 1. The van der Waals surface area contributed by atoms with Crippen molar-refractivity contribution in [2.45, 2.75) is 38.6 Å². The SMILES string of the molecule is CC(NC(=O)c1cc2nc(CCCCC(=O)O)c(-c3ccccc3)nc2cn1)c1ccccc1. The molecule has 172 valence electrons. The summed E-state index contributed by atoms with van der Waals surface area (Å²) in [6.45, 7) is 1.93. The van der Waals surface area contributed by atoms with Gasteiger partial charge in [0.1, 0.15) is 11.2 Å². The molecule has 1 amide bonds. The van der Waals surface area contributed by atoms with Gasteiger partial charge in [0, 0.05) is 12.0 Å². The van der Waals surface area contributed by atoms with E-state index in [1.54, 1.807) is 12.3 Å². The van der Waals surface area contributed by atoms with E-state index in [0.29, 0.717) is 30.3 Å². The van der Waals surface area contributed by atoms with Crippen LogP contribution in [0.25, 0.3) is 22.3 Å². The first-order chi connectivity index (χ1) is 16.5. The molecule has 2 heterocycles. The molecule has 0 aliphatic carbocycles. The zero-order chi connectivity index (χ0) is 23.9. The van der Waals surface area contributed by atoms with Crippen molar-refractivity contribution in [1.82, 2.24) is 20.3 Å². The molecule has 0 fully saturated rings. The lowest BCUT2D eigenvalue weighted by atomic mass is 10.0. The van der Waals surface area contributed by atoms with Crippen LogP contribution in [-0.2, 0) is 11.2 Å². The predicted octanol–water partition coefficient (Wildman–Crippen LogP) is 4.98. The number of aryl methyl sites for hydroxylation is 1. The lowest BCUT2D eigenvalue weighted by molar-refractivity contribution is -0.137. The molecule has 2 aromatic heterocycles. The molecule has 2 N–H and O–H groups in total. The number of aliphatic carboxylic acids is 1. The Labute approximate surface area is 197 Å². The number of nitrogens with zero attached hydrogens (tertiary/aromatic N) is 3. The Bertz CT molecular complexity index is 1290. The molecule has 4 aromatic rings. The number of carboxylic acids is 1. The Morgan fingerprint density at radius 2 is 1.65 bits per heavy atom. The van der Waals surface area contributed by atoms with E-state index >= 15 is 0 Å². The third kappa shape index (κ3) is 5.61. The summed E-state index contributed by atoms with van der Waals surface area (Å²) >= 11 is 0. The number of carbonyl (C=O) groups excluding carboxylic acids is 1. The van der Waals surface area contributed by atoms with Gasteiger partial charge >= 0.3 is 5.97 Å². The largest absolute Gasteiger partial charge is 0.481 e. The summed E-state index contributed by atoms with van der Waals surface area (Å²) in [6, 6.07) is 21.0. The Morgan fingerprint density at radius 1 is 0.941 bits per heavy atom. The van der Waals surface area contributed by atoms with E-state index in [1.807, 2.05) is 67.6 Å². The number of carboxylic acid groups (broad SMARTS) is 1. The summed E-state index contributed by atoms with van der Waals surface area (Å²) in [5.41, 5.74) is 4.92. The first-order valence-corrected chi connectivity index (χ1v) is 11.3. The monoisotopic (exact) mass is 454 g/mol. The third-order valence-electron chi connectivity index (χ3n) is 5.60. The number of fused-ring (bicyclic) bond motifs is 1. The van der Waals surface area contributed by atoms with E-state index in [1.165, 1.54) is 0 Å². The van der Waals surface area contributed by atoms with Gasteiger partial charge < -0.3 is 10.4 Å². The average molecular weight is 455 g/mol. The summed E-state index contributed by atoms with van der Waals surface area (Å²) in [4.78, 5) is 37.7. The van der Waals surface area contributed by atoms with Gasteiger partial charge in [-0.2, -0.15) is 0 Å². The molecule has 34 heavy (non-hydrogen) atoms.